The van der Waals surface area contributed by atoms with Crippen LogP contribution in [0.3, 0.4) is 0 Å². The summed E-state index contributed by atoms with van der Waals surface area (Å²) in [5, 5.41) is 7.54. The molecule has 0 spiro atoms. The van der Waals surface area contributed by atoms with Crippen molar-refractivity contribution in [2.45, 2.75) is 6.54 Å². The summed E-state index contributed by atoms with van der Waals surface area (Å²) >= 11 is 0. The number of benzene rings is 3. The standard InChI is InChI=1S/C27H25FN4O2/c28-24-17-22(11-12-25(24)31-13-15-34-16-14-31)29-27(33)23-19-32(18-20-7-3-1-4-8-20)30-26(23)21-9-5-2-6-10-21/h1-12,17,19H,13-16,18H2,(H,29,33). The Morgan fingerprint density at radius 1 is 0.971 bits per heavy atom. The van der Waals surface area contributed by atoms with Crippen molar-refractivity contribution in [3.05, 3.63) is 102 Å². The van der Waals surface area contributed by atoms with Gasteiger partial charge in [0, 0.05) is 30.5 Å². The molecule has 0 aliphatic carbocycles. The Morgan fingerprint density at radius 2 is 1.68 bits per heavy atom. The van der Waals surface area contributed by atoms with Crippen LogP contribution >= 0.6 is 0 Å². The average Bonchev–Trinajstić information content (AvgIpc) is 3.30. The smallest absolute Gasteiger partial charge is 0.259 e. The Kier molecular flexibility index (Phi) is 6.35. The van der Waals surface area contributed by atoms with Crippen LogP contribution in [0.25, 0.3) is 11.3 Å². The van der Waals surface area contributed by atoms with E-state index in [1.165, 1.54) is 6.07 Å². The first-order chi connectivity index (χ1) is 16.7. The van der Waals surface area contributed by atoms with Gasteiger partial charge in [-0.25, -0.2) is 4.39 Å². The third-order valence-electron chi connectivity index (χ3n) is 5.80. The number of amides is 1. The number of hydrogen-bond donors (Lipinski definition) is 1. The maximum absolute atomic E-state index is 14.8. The summed E-state index contributed by atoms with van der Waals surface area (Å²) in [7, 11) is 0. The Balaban J connectivity index is 1.40. The molecule has 0 unspecified atom stereocenters. The van der Waals surface area contributed by atoms with E-state index in [1.807, 2.05) is 65.6 Å². The molecule has 6 nitrogen and oxygen atoms in total. The summed E-state index contributed by atoms with van der Waals surface area (Å²) in [5.41, 5.74) is 3.85. The number of nitrogens with zero attached hydrogens (tertiary/aromatic N) is 3. The van der Waals surface area contributed by atoms with Crippen LogP contribution in [0.1, 0.15) is 15.9 Å². The molecule has 34 heavy (non-hydrogen) atoms. The molecule has 0 atom stereocenters. The van der Waals surface area contributed by atoms with Gasteiger partial charge in [-0.15, -0.1) is 0 Å². The molecule has 172 valence electrons. The van der Waals surface area contributed by atoms with Gasteiger partial charge in [-0.2, -0.15) is 5.10 Å². The molecule has 3 aromatic carbocycles. The van der Waals surface area contributed by atoms with E-state index in [2.05, 4.69) is 5.32 Å². The largest absolute Gasteiger partial charge is 0.378 e. The van der Waals surface area contributed by atoms with Gasteiger partial charge in [-0.1, -0.05) is 60.7 Å². The Hall–Kier alpha value is -3.97. The van der Waals surface area contributed by atoms with Crippen molar-refractivity contribution in [1.82, 2.24) is 9.78 Å². The highest BCUT2D eigenvalue weighted by atomic mass is 19.1. The molecule has 5 rings (SSSR count). The van der Waals surface area contributed by atoms with Crippen molar-refractivity contribution < 1.29 is 13.9 Å². The van der Waals surface area contributed by atoms with E-state index in [0.717, 1.165) is 11.1 Å². The lowest BCUT2D eigenvalue weighted by atomic mass is 10.1. The molecule has 0 radical (unpaired) electrons. The van der Waals surface area contributed by atoms with Crippen LogP contribution in [-0.4, -0.2) is 42.0 Å². The summed E-state index contributed by atoms with van der Waals surface area (Å²) in [4.78, 5) is 15.2. The van der Waals surface area contributed by atoms with Crippen molar-refractivity contribution in [2.24, 2.45) is 0 Å². The Labute approximate surface area is 197 Å². The first kappa shape index (κ1) is 21.9. The van der Waals surface area contributed by atoms with Gasteiger partial charge in [0.05, 0.1) is 31.0 Å². The van der Waals surface area contributed by atoms with Gasteiger partial charge in [0.25, 0.3) is 5.91 Å². The number of aromatic nitrogens is 2. The predicted octanol–water partition coefficient (Wildman–Crippen LogP) is 4.83. The average molecular weight is 457 g/mol. The molecular weight excluding hydrogens is 431 g/mol. The molecule has 1 amide bonds. The second kappa shape index (κ2) is 9.89. The van der Waals surface area contributed by atoms with E-state index in [0.29, 0.717) is 55.5 Å². The molecule has 0 saturated carbocycles. The summed E-state index contributed by atoms with van der Waals surface area (Å²) in [6.07, 6.45) is 1.74. The lowest BCUT2D eigenvalue weighted by Gasteiger charge is -2.29. The predicted molar refractivity (Wildman–Crippen MR) is 131 cm³/mol. The second-order valence-corrected chi connectivity index (χ2v) is 8.16. The molecular formula is C27H25FN4O2. The van der Waals surface area contributed by atoms with Crippen LogP contribution in [-0.2, 0) is 11.3 Å². The monoisotopic (exact) mass is 456 g/mol. The van der Waals surface area contributed by atoms with Gasteiger partial charge in [-0.3, -0.25) is 9.48 Å². The molecule has 4 aromatic rings. The highest BCUT2D eigenvalue weighted by molar-refractivity contribution is 6.08. The molecule has 1 aliphatic heterocycles. The van der Waals surface area contributed by atoms with Gasteiger partial charge in [-0.05, 0) is 23.8 Å². The third-order valence-corrected chi connectivity index (χ3v) is 5.80. The maximum Gasteiger partial charge on any atom is 0.259 e. The zero-order valence-corrected chi connectivity index (χ0v) is 18.7. The normalized spacial score (nSPS) is 13.6. The topological polar surface area (TPSA) is 59.4 Å². The fraction of sp³-hybridized carbons (Fsp3) is 0.185. The summed E-state index contributed by atoms with van der Waals surface area (Å²) < 4.78 is 21.9. The zero-order chi connectivity index (χ0) is 23.3. The number of morpholine rings is 1. The van der Waals surface area contributed by atoms with E-state index in [1.54, 1.807) is 23.0 Å². The SMILES string of the molecule is O=C(Nc1ccc(N2CCOCC2)c(F)c1)c1cn(Cc2ccccc2)nc1-c1ccccc1. The molecule has 7 heteroatoms. The van der Waals surface area contributed by atoms with Gasteiger partial charge < -0.3 is 15.0 Å². The van der Waals surface area contributed by atoms with E-state index in [4.69, 9.17) is 9.84 Å². The van der Waals surface area contributed by atoms with Gasteiger partial charge in [0.1, 0.15) is 11.5 Å². The highest BCUT2D eigenvalue weighted by Crippen LogP contribution is 2.26. The Bertz CT molecular complexity index is 1270. The number of ether oxygens (including phenoxy) is 1. The third kappa shape index (κ3) is 4.84. The van der Waals surface area contributed by atoms with Gasteiger partial charge in [0.15, 0.2) is 0 Å². The lowest BCUT2D eigenvalue weighted by molar-refractivity contribution is 0.102. The van der Waals surface area contributed by atoms with E-state index < -0.39 is 0 Å². The lowest BCUT2D eigenvalue weighted by Crippen LogP contribution is -2.36. The number of carbonyl (C=O) groups is 1. The van der Waals surface area contributed by atoms with E-state index >= 15 is 0 Å². The number of anilines is 2. The number of halogens is 1. The first-order valence-corrected chi connectivity index (χ1v) is 11.3. The molecule has 0 bridgehead atoms. The molecule has 1 N–H and O–H groups in total. The quantitative estimate of drug-likeness (QED) is 0.452. The number of hydrogen-bond acceptors (Lipinski definition) is 4. The van der Waals surface area contributed by atoms with E-state index in [9.17, 15) is 9.18 Å². The van der Waals surface area contributed by atoms with Crippen LogP contribution in [0.4, 0.5) is 15.8 Å². The first-order valence-electron chi connectivity index (χ1n) is 11.3. The number of nitrogens with one attached hydrogen (secondary N) is 1. The van der Waals surface area contributed by atoms with Gasteiger partial charge in [0.2, 0.25) is 0 Å². The van der Waals surface area contributed by atoms with Crippen LogP contribution < -0.4 is 10.2 Å². The van der Waals surface area contributed by atoms with Crippen molar-refractivity contribution in [2.75, 3.05) is 36.5 Å². The van der Waals surface area contributed by atoms with Crippen LogP contribution in [0.15, 0.2) is 85.1 Å². The second-order valence-electron chi connectivity index (χ2n) is 8.16. The van der Waals surface area contributed by atoms with Crippen molar-refractivity contribution >= 4 is 17.3 Å². The summed E-state index contributed by atoms with van der Waals surface area (Å²) in [6, 6.07) is 24.3. The molecule has 1 fully saturated rings. The van der Waals surface area contributed by atoms with Gasteiger partial charge >= 0.3 is 0 Å². The molecule has 1 aromatic heterocycles. The summed E-state index contributed by atoms with van der Waals surface area (Å²) in [6.45, 7) is 2.98. The maximum atomic E-state index is 14.8. The number of rotatable bonds is 6. The van der Waals surface area contributed by atoms with Crippen LogP contribution in [0.2, 0.25) is 0 Å². The molecule has 1 saturated heterocycles. The zero-order valence-electron chi connectivity index (χ0n) is 18.7. The van der Waals surface area contributed by atoms with Crippen molar-refractivity contribution in [1.29, 1.82) is 0 Å². The van der Waals surface area contributed by atoms with Crippen LogP contribution in [0.5, 0.6) is 0 Å². The van der Waals surface area contributed by atoms with E-state index in [-0.39, 0.29) is 11.7 Å². The minimum atomic E-state index is -0.372. The fourth-order valence-corrected chi connectivity index (χ4v) is 4.09. The molecule has 1 aliphatic rings. The minimum Gasteiger partial charge on any atom is -0.378 e. The highest BCUT2D eigenvalue weighted by Gasteiger charge is 2.20. The fourth-order valence-electron chi connectivity index (χ4n) is 4.09. The summed E-state index contributed by atoms with van der Waals surface area (Å²) in [5.74, 6) is -0.709. The van der Waals surface area contributed by atoms with Crippen LogP contribution in [0, 0.1) is 5.82 Å². The van der Waals surface area contributed by atoms with Crippen molar-refractivity contribution in [3.8, 4) is 11.3 Å². The van der Waals surface area contributed by atoms with Crippen molar-refractivity contribution in [3.63, 3.8) is 0 Å². The Morgan fingerprint density at radius 3 is 2.38 bits per heavy atom. The minimum absolute atomic E-state index is 0.336. The number of carbonyl (C=O) groups excluding carboxylic acids is 1. The molecule has 2 heterocycles.